The van der Waals surface area contributed by atoms with Gasteiger partial charge >= 0.3 is 0 Å². The van der Waals surface area contributed by atoms with Crippen molar-refractivity contribution in [3.63, 3.8) is 0 Å². The van der Waals surface area contributed by atoms with Gasteiger partial charge in [-0.05, 0) is 94.5 Å². The number of benzene rings is 3. The van der Waals surface area contributed by atoms with Crippen molar-refractivity contribution in [3.8, 4) is 0 Å². The lowest BCUT2D eigenvalue weighted by molar-refractivity contribution is 0.0986. The van der Waals surface area contributed by atoms with E-state index in [0.717, 1.165) is 34.3 Å². The van der Waals surface area contributed by atoms with Crippen LogP contribution in [0.25, 0.3) is 10.2 Å². The van der Waals surface area contributed by atoms with Crippen molar-refractivity contribution in [2.75, 3.05) is 43.4 Å². The zero-order chi connectivity index (χ0) is 26.7. The Balaban J connectivity index is 1.64. The summed E-state index contributed by atoms with van der Waals surface area (Å²) in [5, 5.41) is 0.646. The van der Waals surface area contributed by atoms with E-state index in [-0.39, 0.29) is 10.8 Å². The lowest BCUT2D eigenvalue weighted by Gasteiger charge is -2.22. The van der Waals surface area contributed by atoms with E-state index in [1.807, 2.05) is 33.2 Å². The number of para-hydroxylation sites is 1. The molecule has 7 nitrogen and oxygen atoms in total. The van der Waals surface area contributed by atoms with Gasteiger partial charge in [0.05, 0.1) is 20.8 Å². The number of nitrogens with zero attached hydrogens (tertiary/aromatic N) is 4. The van der Waals surface area contributed by atoms with E-state index in [9.17, 15) is 13.2 Å². The minimum Gasteiger partial charge on any atom is -0.309 e. The standard InChI is InChI=1S/C28H32N4O3S2/c1-20-18-21(2)26-25(19-20)29-28(36-26)32(17-9-16-30(3)4)27(33)22-12-14-24(15-13-22)37(34,35)31(5)23-10-7-6-8-11-23/h6-8,10-15,18-19H,9,16-17H2,1-5H3. The summed E-state index contributed by atoms with van der Waals surface area (Å²) < 4.78 is 28.6. The Morgan fingerprint density at radius 3 is 2.24 bits per heavy atom. The number of rotatable bonds is 9. The smallest absolute Gasteiger partial charge is 0.264 e. The average Bonchev–Trinajstić information content (AvgIpc) is 3.30. The molecule has 9 heteroatoms. The molecule has 0 saturated heterocycles. The van der Waals surface area contributed by atoms with Crippen LogP contribution in [0.5, 0.6) is 0 Å². The lowest BCUT2D eigenvalue weighted by Crippen LogP contribution is -2.33. The van der Waals surface area contributed by atoms with Gasteiger partial charge in [-0.2, -0.15) is 0 Å². The van der Waals surface area contributed by atoms with Gasteiger partial charge in [0.15, 0.2) is 5.13 Å². The number of sulfonamides is 1. The quantitative estimate of drug-likeness (QED) is 0.289. The van der Waals surface area contributed by atoms with Crippen LogP contribution in [0.1, 0.15) is 27.9 Å². The molecule has 0 spiro atoms. The van der Waals surface area contributed by atoms with Crippen LogP contribution in [-0.2, 0) is 10.0 Å². The normalized spacial score (nSPS) is 11.7. The van der Waals surface area contributed by atoms with E-state index < -0.39 is 10.0 Å². The van der Waals surface area contributed by atoms with Crippen LogP contribution in [0.3, 0.4) is 0 Å². The third-order valence-corrected chi connectivity index (χ3v) is 9.18. The molecule has 1 heterocycles. The number of carbonyl (C=O) groups is 1. The fourth-order valence-electron chi connectivity index (χ4n) is 4.17. The molecule has 0 radical (unpaired) electrons. The van der Waals surface area contributed by atoms with Crippen molar-refractivity contribution in [3.05, 3.63) is 83.4 Å². The molecular weight excluding hydrogens is 504 g/mol. The molecule has 0 aliphatic heterocycles. The molecular formula is C28H32N4O3S2. The number of hydrogen-bond donors (Lipinski definition) is 0. The first-order valence-corrected chi connectivity index (χ1v) is 14.3. The Hall–Kier alpha value is -3.27. The van der Waals surface area contributed by atoms with Crippen molar-refractivity contribution in [1.82, 2.24) is 9.88 Å². The third-order valence-electron chi connectivity index (χ3n) is 6.15. The molecule has 1 aromatic heterocycles. The van der Waals surface area contributed by atoms with Crippen LogP contribution in [0.2, 0.25) is 0 Å². The van der Waals surface area contributed by atoms with Gasteiger partial charge < -0.3 is 4.90 Å². The van der Waals surface area contributed by atoms with Crippen LogP contribution < -0.4 is 9.21 Å². The van der Waals surface area contributed by atoms with Gasteiger partial charge in [-0.15, -0.1) is 0 Å². The second-order valence-corrected chi connectivity index (χ2v) is 12.3. The summed E-state index contributed by atoms with van der Waals surface area (Å²) in [5.41, 5.74) is 4.13. The molecule has 0 saturated carbocycles. The number of aromatic nitrogens is 1. The van der Waals surface area contributed by atoms with E-state index in [1.165, 1.54) is 34.8 Å². The zero-order valence-electron chi connectivity index (χ0n) is 21.8. The number of thiazole rings is 1. The predicted octanol–water partition coefficient (Wildman–Crippen LogP) is 5.34. The maximum absolute atomic E-state index is 13.7. The SMILES string of the molecule is Cc1cc(C)c2sc(N(CCCN(C)C)C(=O)c3ccc(S(=O)(=O)N(C)c4ccccc4)cc3)nc2c1. The molecule has 0 unspecified atom stereocenters. The number of aryl methyl sites for hydroxylation is 2. The first-order chi connectivity index (χ1) is 17.6. The van der Waals surface area contributed by atoms with E-state index in [4.69, 9.17) is 4.98 Å². The number of anilines is 2. The molecule has 194 valence electrons. The van der Waals surface area contributed by atoms with Gasteiger partial charge in [0.2, 0.25) is 0 Å². The zero-order valence-corrected chi connectivity index (χ0v) is 23.4. The summed E-state index contributed by atoms with van der Waals surface area (Å²) in [7, 11) is 1.76. The fourth-order valence-corrected chi connectivity index (χ4v) is 6.41. The topological polar surface area (TPSA) is 73.8 Å². The maximum atomic E-state index is 13.7. The summed E-state index contributed by atoms with van der Waals surface area (Å²) in [6.45, 7) is 5.43. The van der Waals surface area contributed by atoms with E-state index in [1.54, 1.807) is 41.3 Å². The van der Waals surface area contributed by atoms with E-state index >= 15 is 0 Å². The number of fused-ring (bicyclic) bond motifs is 1. The lowest BCUT2D eigenvalue weighted by atomic mass is 10.1. The average molecular weight is 537 g/mol. The Kier molecular flexibility index (Phi) is 7.96. The Bertz CT molecular complexity index is 1500. The molecule has 0 N–H and O–H groups in total. The molecule has 37 heavy (non-hydrogen) atoms. The fraction of sp³-hybridized carbons (Fsp3) is 0.286. The van der Waals surface area contributed by atoms with Crippen LogP contribution in [0.15, 0.2) is 71.6 Å². The molecule has 0 bridgehead atoms. The second kappa shape index (κ2) is 11.0. The van der Waals surface area contributed by atoms with Gasteiger partial charge in [0.1, 0.15) is 0 Å². The summed E-state index contributed by atoms with van der Waals surface area (Å²) >= 11 is 1.51. The number of hydrogen-bond acceptors (Lipinski definition) is 6. The van der Waals surface area contributed by atoms with Crippen molar-refractivity contribution in [2.45, 2.75) is 25.2 Å². The molecule has 0 aliphatic rings. The Labute approximate surface area is 223 Å². The monoisotopic (exact) mass is 536 g/mol. The van der Waals surface area contributed by atoms with Crippen molar-refractivity contribution < 1.29 is 13.2 Å². The summed E-state index contributed by atoms with van der Waals surface area (Å²) in [6.07, 6.45) is 0.779. The van der Waals surface area contributed by atoms with Crippen LogP contribution >= 0.6 is 11.3 Å². The summed E-state index contributed by atoms with van der Waals surface area (Å²) in [4.78, 5) is 22.4. The highest BCUT2D eigenvalue weighted by Crippen LogP contribution is 2.33. The van der Waals surface area contributed by atoms with Gasteiger partial charge in [0.25, 0.3) is 15.9 Å². The molecule has 4 rings (SSSR count). The largest absolute Gasteiger partial charge is 0.309 e. The molecule has 4 aromatic rings. The maximum Gasteiger partial charge on any atom is 0.264 e. The minimum absolute atomic E-state index is 0.126. The molecule has 0 atom stereocenters. The van der Waals surface area contributed by atoms with Crippen LogP contribution in [-0.4, -0.2) is 58.4 Å². The first kappa shape index (κ1) is 26.8. The van der Waals surface area contributed by atoms with Crippen LogP contribution in [0.4, 0.5) is 10.8 Å². The van der Waals surface area contributed by atoms with Crippen LogP contribution in [0, 0.1) is 13.8 Å². The predicted molar refractivity (Wildman–Crippen MR) is 152 cm³/mol. The highest BCUT2D eigenvalue weighted by molar-refractivity contribution is 7.92. The van der Waals surface area contributed by atoms with E-state index in [2.05, 4.69) is 17.9 Å². The van der Waals surface area contributed by atoms with Gasteiger partial charge in [-0.3, -0.25) is 14.0 Å². The third kappa shape index (κ3) is 5.84. The highest BCUT2D eigenvalue weighted by atomic mass is 32.2. The summed E-state index contributed by atoms with van der Waals surface area (Å²) in [6, 6.07) is 19.2. The summed E-state index contributed by atoms with van der Waals surface area (Å²) in [5.74, 6) is -0.201. The van der Waals surface area contributed by atoms with Gasteiger partial charge in [0, 0.05) is 19.2 Å². The molecule has 1 amide bonds. The van der Waals surface area contributed by atoms with Crippen molar-refractivity contribution in [1.29, 1.82) is 0 Å². The van der Waals surface area contributed by atoms with Gasteiger partial charge in [-0.1, -0.05) is 35.6 Å². The highest BCUT2D eigenvalue weighted by Gasteiger charge is 2.24. The number of amides is 1. The molecule has 3 aromatic carbocycles. The van der Waals surface area contributed by atoms with E-state index in [0.29, 0.717) is 22.9 Å². The van der Waals surface area contributed by atoms with Crippen molar-refractivity contribution >= 4 is 48.3 Å². The first-order valence-electron chi connectivity index (χ1n) is 12.1. The van der Waals surface area contributed by atoms with Crippen molar-refractivity contribution in [2.24, 2.45) is 0 Å². The minimum atomic E-state index is -3.76. The molecule has 0 aliphatic carbocycles. The van der Waals surface area contributed by atoms with Gasteiger partial charge in [-0.25, -0.2) is 13.4 Å². The second-order valence-electron chi connectivity index (χ2n) is 9.37. The number of carbonyl (C=O) groups excluding carboxylic acids is 1. The molecule has 0 fully saturated rings. The Morgan fingerprint density at radius 2 is 1.59 bits per heavy atom. The Morgan fingerprint density at radius 1 is 0.919 bits per heavy atom.